The lowest BCUT2D eigenvalue weighted by Gasteiger charge is -2.10. The van der Waals surface area contributed by atoms with Gasteiger partial charge in [0, 0.05) is 17.5 Å². The molecule has 0 atom stereocenters. The maximum Gasteiger partial charge on any atom is 0.190 e. The van der Waals surface area contributed by atoms with Crippen LogP contribution in [-0.2, 0) is 6.54 Å². The van der Waals surface area contributed by atoms with Crippen LogP contribution in [0.25, 0.3) is 11.3 Å². The summed E-state index contributed by atoms with van der Waals surface area (Å²) >= 11 is 1.61. The molecule has 3 aromatic rings. The van der Waals surface area contributed by atoms with Crippen molar-refractivity contribution < 1.29 is 5.11 Å². The highest BCUT2D eigenvalue weighted by Crippen LogP contribution is 2.25. The SMILES string of the molecule is Cc1cccc(N=c2scc(-c3ccc(C)cc3C)n2CCO)c1. The Morgan fingerprint density at radius 3 is 2.54 bits per heavy atom. The van der Waals surface area contributed by atoms with Crippen LogP contribution in [0.4, 0.5) is 5.69 Å². The van der Waals surface area contributed by atoms with Crippen molar-refractivity contribution in [2.75, 3.05) is 6.61 Å². The quantitative estimate of drug-likeness (QED) is 0.754. The van der Waals surface area contributed by atoms with Crippen LogP contribution in [0.1, 0.15) is 16.7 Å². The molecule has 0 bridgehead atoms. The second-order valence-electron chi connectivity index (χ2n) is 6.05. The van der Waals surface area contributed by atoms with Crippen LogP contribution in [0.5, 0.6) is 0 Å². The van der Waals surface area contributed by atoms with Gasteiger partial charge in [-0.25, -0.2) is 4.99 Å². The van der Waals surface area contributed by atoms with Gasteiger partial charge in [-0.15, -0.1) is 11.3 Å². The molecular formula is C20H22N2OS. The Kier molecular flexibility index (Phi) is 4.97. The van der Waals surface area contributed by atoms with E-state index in [9.17, 15) is 5.11 Å². The largest absolute Gasteiger partial charge is 0.395 e. The van der Waals surface area contributed by atoms with E-state index < -0.39 is 0 Å². The lowest BCUT2D eigenvalue weighted by atomic mass is 10.0. The van der Waals surface area contributed by atoms with Crippen LogP contribution in [0, 0.1) is 20.8 Å². The average Bonchev–Trinajstić information content (AvgIpc) is 2.91. The highest BCUT2D eigenvalue weighted by atomic mass is 32.1. The zero-order valence-corrected chi connectivity index (χ0v) is 15.1. The molecular weight excluding hydrogens is 316 g/mol. The lowest BCUT2D eigenvalue weighted by Crippen LogP contribution is -2.18. The van der Waals surface area contributed by atoms with Crippen molar-refractivity contribution >= 4 is 17.0 Å². The second-order valence-corrected chi connectivity index (χ2v) is 6.88. The number of aliphatic hydroxyl groups is 1. The standard InChI is InChI=1S/C20H22N2OS/c1-14-5-4-6-17(12-14)21-20-22(9-10-23)19(13-24-20)18-8-7-15(2)11-16(18)3/h4-8,11-13,23H,9-10H2,1-3H3. The maximum atomic E-state index is 9.50. The smallest absolute Gasteiger partial charge is 0.190 e. The van der Waals surface area contributed by atoms with Crippen LogP contribution in [-0.4, -0.2) is 16.3 Å². The van der Waals surface area contributed by atoms with Crippen molar-refractivity contribution in [2.45, 2.75) is 27.3 Å². The number of aliphatic hydroxyl groups excluding tert-OH is 1. The van der Waals surface area contributed by atoms with Gasteiger partial charge < -0.3 is 9.67 Å². The van der Waals surface area contributed by atoms with Crippen molar-refractivity contribution in [1.82, 2.24) is 4.57 Å². The number of nitrogens with zero attached hydrogens (tertiary/aromatic N) is 2. The van der Waals surface area contributed by atoms with Crippen LogP contribution in [0.2, 0.25) is 0 Å². The summed E-state index contributed by atoms with van der Waals surface area (Å²) in [5.41, 5.74) is 6.92. The number of aromatic nitrogens is 1. The summed E-state index contributed by atoms with van der Waals surface area (Å²) in [7, 11) is 0. The Labute approximate surface area is 146 Å². The molecule has 4 heteroatoms. The molecule has 0 aliphatic rings. The van der Waals surface area contributed by atoms with Gasteiger partial charge >= 0.3 is 0 Å². The summed E-state index contributed by atoms with van der Waals surface area (Å²) in [6.07, 6.45) is 0. The van der Waals surface area contributed by atoms with Crippen LogP contribution in [0.15, 0.2) is 52.8 Å². The molecule has 2 aromatic carbocycles. The maximum absolute atomic E-state index is 9.50. The first kappa shape index (κ1) is 16.7. The highest BCUT2D eigenvalue weighted by molar-refractivity contribution is 7.07. The Balaban J connectivity index is 2.14. The summed E-state index contributed by atoms with van der Waals surface area (Å²) < 4.78 is 2.10. The fourth-order valence-electron chi connectivity index (χ4n) is 2.86. The van der Waals surface area contributed by atoms with E-state index in [1.807, 2.05) is 12.1 Å². The Bertz CT molecular complexity index is 921. The van der Waals surface area contributed by atoms with Crippen molar-refractivity contribution in [3.8, 4) is 11.3 Å². The Hall–Kier alpha value is -2.17. The molecule has 124 valence electrons. The van der Waals surface area contributed by atoms with Gasteiger partial charge in [0.05, 0.1) is 18.0 Å². The van der Waals surface area contributed by atoms with E-state index in [0.29, 0.717) is 6.54 Å². The van der Waals surface area contributed by atoms with Crippen molar-refractivity contribution in [1.29, 1.82) is 0 Å². The Morgan fingerprint density at radius 2 is 1.83 bits per heavy atom. The normalized spacial score (nSPS) is 11.9. The van der Waals surface area contributed by atoms with E-state index in [1.165, 1.54) is 22.3 Å². The molecule has 1 heterocycles. The minimum atomic E-state index is 0.0929. The fraction of sp³-hybridized carbons (Fsp3) is 0.250. The van der Waals surface area contributed by atoms with Gasteiger partial charge in [0.1, 0.15) is 0 Å². The molecule has 0 amide bonds. The highest BCUT2D eigenvalue weighted by Gasteiger charge is 2.10. The molecule has 0 fully saturated rings. The van der Waals surface area contributed by atoms with Gasteiger partial charge in [-0.05, 0) is 44.0 Å². The fourth-order valence-corrected chi connectivity index (χ4v) is 3.81. The topological polar surface area (TPSA) is 37.5 Å². The summed E-state index contributed by atoms with van der Waals surface area (Å²) in [6.45, 7) is 6.92. The molecule has 24 heavy (non-hydrogen) atoms. The molecule has 0 spiro atoms. The third kappa shape index (κ3) is 3.50. The molecule has 1 N–H and O–H groups in total. The van der Waals surface area contributed by atoms with E-state index in [4.69, 9.17) is 4.99 Å². The van der Waals surface area contributed by atoms with Crippen molar-refractivity contribution in [3.63, 3.8) is 0 Å². The first-order chi connectivity index (χ1) is 11.6. The molecule has 1 aromatic heterocycles. The predicted molar refractivity (Wildman–Crippen MR) is 101 cm³/mol. The van der Waals surface area contributed by atoms with Gasteiger partial charge in [0.25, 0.3) is 0 Å². The first-order valence-electron chi connectivity index (χ1n) is 8.06. The Morgan fingerprint density at radius 1 is 1.04 bits per heavy atom. The van der Waals surface area contributed by atoms with E-state index in [2.05, 4.69) is 61.1 Å². The third-order valence-electron chi connectivity index (χ3n) is 4.01. The van der Waals surface area contributed by atoms with Gasteiger partial charge in [-0.3, -0.25) is 0 Å². The first-order valence-corrected chi connectivity index (χ1v) is 8.94. The molecule has 3 nitrogen and oxygen atoms in total. The zero-order chi connectivity index (χ0) is 17.1. The predicted octanol–water partition coefficient (Wildman–Crippen LogP) is 4.37. The van der Waals surface area contributed by atoms with Crippen LogP contribution >= 0.6 is 11.3 Å². The summed E-state index contributed by atoms with van der Waals surface area (Å²) in [5, 5.41) is 11.6. The number of rotatable bonds is 4. The third-order valence-corrected chi connectivity index (χ3v) is 4.87. The summed E-state index contributed by atoms with van der Waals surface area (Å²) in [6, 6.07) is 14.6. The van der Waals surface area contributed by atoms with E-state index in [1.54, 1.807) is 11.3 Å². The van der Waals surface area contributed by atoms with Crippen LogP contribution < -0.4 is 4.80 Å². The molecule has 0 unspecified atom stereocenters. The van der Waals surface area contributed by atoms with Crippen LogP contribution in [0.3, 0.4) is 0 Å². The minimum Gasteiger partial charge on any atom is -0.395 e. The second kappa shape index (κ2) is 7.16. The lowest BCUT2D eigenvalue weighted by molar-refractivity contribution is 0.275. The molecule has 0 saturated carbocycles. The molecule has 3 rings (SSSR count). The molecule has 0 aliphatic heterocycles. The molecule has 0 saturated heterocycles. The molecule has 0 radical (unpaired) electrons. The van der Waals surface area contributed by atoms with Gasteiger partial charge in [0.15, 0.2) is 4.80 Å². The van der Waals surface area contributed by atoms with Gasteiger partial charge in [0.2, 0.25) is 0 Å². The van der Waals surface area contributed by atoms with E-state index in [0.717, 1.165) is 16.2 Å². The number of hydrogen-bond donors (Lipinski definition) is 1. The van der Waals surface area contributed by atoms with Gasteiger partial charge in [-0.1, -0.05) is 35.9 Å². The number of aryl methyl sites for hydroxylation is 3. The monoisotopic (exact) mass is 338 g/mol. The van der Waals surface area contributed by atoms with Gasteiger partial charge in [-0.2, -0.15) is 0 Å². The summed E-state index contributed by atoms with van der Waals surface area (Å²) in [5.74, 6) is 0. The van der Waals surface area contributed by atoms with E-state index >= 15 is 0 Å². The molecule has 0 aliphatic carbocycles. The minimum absolute atomic E-state index is 0.0929. The van der Waals surface area contributed by atoms with Crippen molar-refractivity contribution in [3.05, 3.63) is 69.3 Å². The number of hydrogen-bond acceptors (Lipinski definition) is 3. The number of thiazole rings is 1. The average molecular weight is 338 g/mol. The number of benzene rings is 2. The summed E-state index contributed by atoms with van der Waals surface area (Å²) in [4.78, 5) is 5.69. The van der Waals surface area contributed by atoms with E-state index in [-0.39, 0.29) is 6.61 Å². The zero-order valence-electron chi connectivity index (χ0n) is 14.3. The van der Waals surface area contributed by atoms with Crippen molar-refractivity contribution in [2.24, 2.45) is 4.99 Å².